The molecule has 4 nitrogen and oxygen atoms in total. The number of carbonyl (C=O) groups excluding carboxylic acids is 1. The molecule has 2 aromatic rings. The Morgan fingerprint density at radius 1 is 1.14 bits per heavy atom. The second kappa shape index (κ2) is 5.93. The number of nitrogens with one attached hydrogen (secondary N) is 1. The zero-order chi connectivity index (χ0) is 15.6. The summed E-state index contributed by atoms with van der Waals surface area (Å²) in [6.07, 6.45) is 0. The number of aromatic carboxylic acids is 1. The fourth-order valence-electron chi connectivity index (χ4n) is 1.87. The van der Waals surface area contributed by atoms with Crippen LogP contribution < -0.4 is 5.32 Å². The lowest BCUT2D eigenvalue weighted by molar-refractivity contribution is 0.0698. The second-order valence-electron chi connectivity index (χ2n) is 4.41. The van der Waals surface area contributed by atoms with Crippen molar-refractivity contribution in [2.75, 3.05) is 5.32 Å². The van der Waals surface area contributed by atoms with Gasteiger partial charge in [0, 0.05) is 10.6 Å². The van der Waals surface area contributed by atoms with Crippen LogP contribution in [0.15, 0.2) is 36.4 Å². The molecule has 1 amide bonds. The van der Waals surface area contributed by atoms with Gasteiger partial charge >= 0.3 is 5.97 Å². The molecule has 6 heteroatoms. The van der Waals surface area contributed by atoms with E-state index in [2.05, 4.69) is 5.32 Å². The molecule has 2 rings (SSSR count). The van der Waals surface area contributed by atoms with Crippen molar-refractivity contribution in [3.05, 3.63) is 63.9 Å². The van der Waals surface area contributed by atoms with Crippen molar-refractivity contribution < 1.29 is 19.1 Å². The number of carboxylic acid groups (broad SMARTS) is 1. The predicted molar refractivity (Wildman–Crippen MR) is 77.5 cm³/mol. The van der Waals surface area contributed by atoms with Gasteiger partial charge in [0.1, 0.15) is 5.82 Å². The summed E-state index contributed by atoms with van der Waals surface area (Å²) in [5.74, 6) is -2.16. The number of rotatable bonds is 3. The first-order valence-electron chi connectivity index (χ1n) is 5.99. The normalized spacial score (nSPS) is 10.2. The van der Waals surface area contributed by atoms with Crippen LogP contribution in [-0.4, -0.2) is 17.0 Å². The molecule has 0 fully saturated rings. The molecular weight excluding hydrogens is 297 g/mol. The summed E-state index contributed by atoms with van der Waals surface area (Å²) in [7, 11) is 0. The molecule has 0 aliphatic carbocycles. The molecule has 0 bridgehead atoms. The van der Waals surface area contributed by atoms with Crippen molar-refractivity contribution in [1.29, 1.82) is 0 Å². The highest BCUT2D eigenvalue weighted by Crippen LogP contribution is 2.22. The Morgan fingerprint density at radius 3 is 2.48 bits per heavy atom. The van der Waals surface area contributed by atoms with Crippen LogP contribution in [-0.2, 0) is 0 Å². The number of anilines is 1. The number of halogens is 2. The van der Waals surface area contributed by atoms with Gasteiger partial charge in [-0.1, -0.05) is 11.6 Å². The molecule has 2 N–H and O–H groups in total. The van der Waals surface area contributed by atoms with Crippen molar-refractivity contribution in [2.45, 2.75) is 6.92 Å². The molecule has 0 aromatic heterocycles. The SMILES string of the molecule is Cc1cc(F)ccc1C(=O)Nc1ccc(Cl)cc1C(=O)O. The van der Waals surface area contributed by atoms with E-state index in [4.69, 9.17) is 16.7 Å². The minimum Gasteiger partial charge on any atom is -0.478 e. The van der Waals surface area contributed by atoms with Crippen LogP contribution in [0.1, 0.15) is 26.3 Å². The Kier molecular flexibility index (Phi) is 4.23. The van der Waals surface area contributed by atoms with Gasteiger partial charge in [-0.25, -0.2) is 9.18 Å². The average molecular weight is 308 g/mol. The first-order valence-corrected chi connectivity index (χ1v) is 6.36. The van der Waals surface area contributed by atoms with E-state index in [1.54, 1.807) is 6.92 Å². The van der Waals surface area contributed by atoms with Crippen molar-refractivity contribution >= 4 is 29.2 Å². The third-order valence-corrected chi connectivity index (χ3v) is 3.13. The number of carboxylic acids is 1. The van der Waals surface area contributed by atoms with Gasteiger partial charge in [-0.05, 0) is 48.9 Å². The Labute approximate surface area is 125 Å². The Hall–Kier alpha value is -2.40. The van der Waals surface area contributed by atoms with E-state index in [0.717, 1.165) is 0 Å². The number of aryl methyl sites for hydroxylation is 1. The van der Waals surface area contributed by atoms with Gasteiger partial charge in [0.05, 0.1) is 11.3 Å². The lowest BCUT2D eigenvalue weighted by Crippen LogP contribution is -2.16. The lowest BCUT2D eigenvalue weighted by Gasteiger charge is -2.10. The van der Waals surface area contributed by atoms with Crippen LogP contribution in [0.4, 0.5) is 10.1 Å². The molecule has 0 aliphatic heterocycles. The molecule has 0 saturated heterocycles. The van der Waals surface area contributed by atoms with Crippen LogP contribution in [0, 0.1) is 12.7 Å². The quantitative estimate of drug-likeness (QED) is 0.907. The van der Waals surface area contributed by atoms with E-state index in [-0.39, 0.29) is 21.8 Å². The molecule has 0 heterocycles. The number of hydrogen-bond donors (Lipinski definition) is 2. The second-order valence-corrected chi connectivity index (χ2v) is 4.84. The molecule has 2 aromatic carbocycles. The van der Waals surface area contributed by atoms with E-state index in [1.807, 2.05) is 0 Å². The summed E-state index contributed by atoms with van der Waals surface area (Å²) in [5.41, 5.74) is 0.734. The Bertz CT molecular complexity index is 731. The number of benzene rings is 2. The molecular formula is C15H11ClFNO3. The van der Waals surface area contributed by atoms with E-state index in [1.165, 1.54) is 36.4 Å². The van der Waals surface area contributed by atoms with Crippen LogP contribution in [0.2, 0.25) is 5.02 Å². The van der Waals surface area contributed by atoms with Crippen LogP contribution in [0.25, 0.3) is 0 Å². The van der Waals surface area contributed by atoms with Gasteiger partial charge in [-0.15, -0.1) is 0 Å². The van der Waals surface area contributed by atoms with Crippen molar-refractivity contribution in [1.82, 2.24) is 0 Å². The maximum atomic E-state index is 13.0. The topological polar surface area (TPSA) is 66.4 Å². The molecule has 21 heavy (non-hydrogen) atoms. The van der Waals surface area contributed by atoms with E-state index in [0.29, 0.717) is 5.56 Å². The molecule has 108 valence electrons. The Balaban J connectivity index is 2.34. The van der Waals surface area contributed by atoms with Gasteiger partial charge in [0.15, 0.2) is 0 Å². The predicted octanol–water partition coefficient (Wildman–Crippen LogP) is 3.74. The first-order chi connectivity index (χ1) is 9.88. The molecule has 0 spiro atoms. The van der Waals surface area contributed by atoms with Gasteiger partial charge in [-0.2, -0.15) is 0 Å². The molecule has 0 radical (unpaired) electrons. The van der Waals surface area contributed by atoms with Crippen molar-refractivity contribution in [3.63, 3.8) is 0 Å². The third kappa shape index (κ3) is 3.38. The summed E-state index contributed by atoms with van der Waals surface area (Å²) in [6.45, 7) is 1.60. The maximum absolute atomic E-state index is 13.0. The van der Waals surface area contributed by atoms with Crippen molar-refractivity contribution in [3.8, 4) is 0 Å². The summed E-state index contributed by atoms with van der Waals surface area (Å²) in [4.78, 5) is 23.3. The van der Waals surface area contributed by atoms with E-state index in [9.17, 15) is 14.0 Å². The van der Waals surface area contributed by atoms with E-state index < -0.39 is 17.7 Å². The van der Waals surface area contributed by atoms with Gasteiger partial charge in [-0.3, -0.25) is 4.79 Å². The summed E-state index contributed by atoms with van der Waals surface area (Å²) < 4.78 is 13.0. The largest absolute Gasteiger partial charge is 0.478 e. The Morgan fingerprint density at radius 2 is 1.86 bits per heavy atom. The van der Waals surface area contributed by atoms with Crippen LogP contribution in [0.3, 0.4) is 0 Å². The third-order valence-electron chi connectivity index (χ3n) is 2.89. The number of carbonyl (C=O) groups is 2. The minimum absolute atomic E-state index is 0.115. The van der Waals surface area contributed by atoms with Gasteiger partial charge in [0.2, 0.25) is 0 Å². The lowest BCUT2D eigenvalue weighted by atomic mass is 10.1. The highest BCUT2D eigenvalue weighted by atomic mass is 35.5. The minimum atomic E-state index is -1.20. The summed E-state index contributed by atoms with van der Waals surface area (Å²) in [6, 6.07) is 7.87. The van der Waals surface area contributed by atoms with Gasteiger partial charge < -0.3 is 10.4 Å². The molecule has 0 saturated carbocycles. The number of amides is 1. The zero-order valence-corrected chi connectivity index (χ0v) is 11.7. The van der Waals surface area contributed by atoms with E-state index >= 15 is 0 Å². The standard InChI is InChI=1S/C15H11ClFNO3/c1-8-6-10(17)3-4-11(8)14(19)18-13-5-2-9(16)7-12(13)15(20)21/h2-7H,1H3,(H,18,19)(H,20,21). The smallest absolute Gasteiger partial charge is 0.337 e. The average Bonchev–Trinajstić information content (AvgIpc) is 2.40. The fraction of sp³-hybridized carbons (Fsp3) is 0.0667. The first kappa shape index (κ1) is 15.0. The van der Waals surface area contributed by atoms with Gasteiger partial charge in [0.25, 0.3) is 5.91 Å². The van der Waals surface area contributed by atoms with Crippen molar-refractivity contribution in [2.24, 2.45) is 0 Å². The summed E-state index contributed by atoms with van der Waals surface area (Å²) in [5, 5.41) is 11.9. The monoisotopic (exact) mass is 307 g/mol. The fourth-order valence-corrected chi connectivity index (χ4v) is 2.05. The highest BCUT2D eigenvalue weighted by molar-refractivity contribution is 6.31. The molecule has 0 atom stereocenters. The number of hydrogen-bond acceptors (Lipinski definition) is 2. The molecule has 0 unspecified atom stereocenters. The zero-order valence-electron chi connectivity index (χ0n) is 11.0. The molecule has 0 aliphatic rings. The highest BCUT2D eigenvalue weighted by Gasteiger charge is 2.15. The summed E-state index contributed by atoms with van der Waals surface area (Å²) >= 11 is 5.74. The van der Waals surface area contributed by atoms with Crippen LogP contribution in [0.5, 0.6) is 0 Å². The maximum Gasteiger partial charge on any atom is 0.337 e. The van der Waals surface area contributed by atoms with Crippen LogP contribution >= 0.6 is 11.6 Å².